The van der Waals surface area contributed by atoms with Crippen LogP contribution in [0.1, 0.15) is 32.1 Å². The lowest BCUT2D eigenvalue weighted by atomic mass is 9.75. The van der Waals surface area contributed by atoms with Crippen LogP contribution < -0.4 is 0 Å². The quantitative estimate of drug-likeness (QED) is 0.355. The Hall–Kier alpha value is 0.840. The highest BCUT2D eigenvalue weighted by atomic mass is 79.9. The molecule has 20 heavy (non-hydrogen) atoms. The summed E-state index contributed by atoms with van der Waals surface area (Å²) in [5, 5.41) is 2.12. The lowest BCUT2D eigenvalue weighted by Crippen LogP contribution is -2.34. The number of hydrogen-bond acceptors (Lipinski definition) is 3. The third-order valence-corrected chi connectivity index (χ3v) is 6.54. The second-order valence-corrected chi connectivity index (χ2v) is 6.70. The van der Waals surface area contributed by atoms with Gasteiger partial charge >= 0.3 is 0 Å². The lowest BCUT2D eigenvalue weighted by molar-refractivity contribution is 0.0155. The molecule has 0 aliphatic heterocycles. The van der Waals surface area contributed by atoms with Crippen molar-refractivity contribution in [3.63, 3.8) is 0 Å². The first-order valence-electron chi connectivity index (χ1n) is 7.55. The molecule has 5 heteroatoms. The Morgan fingerprint density at radius 3 is 2.00 bits per heavy atom. The maximum atomic E-state index is 5.73. The minimum absolute atomic E-state index is 0.355. The van der Waals surface area contributed by atoms with Crippen molar-refractivity contribution in [1.29, 1.82) is 0 Å². The van der Waals surface area contributed by atoms with E-state index < -0.39 is 0 Å². The highest BCUT2D eigenvalue weighted by Crippen LogP contribution is 2.44. The zero-order chi connectivity index (χ0) is 14.7. The molecule has 3 nitrogen and oxygen atoms in total. The molecular weight excluding hydrogens is 388 g/mol. The van der Waals surface area contributed by atoms with Gasteiger partial charge in [-0.2, -0.15) is 0 Å². The molecule has 0 heterocycles. The van der Waals surface area contributed by atoms with Gasteiger partial charge in [0.05, 0.1) is 26.4 Å². The Balaban J connectivity index is 2.16. The van der Waals surface area contributed by atoms with Crippen LogP contribution >= 0.6 is 31.9 Å². The topological polar surface area (TPSA) is 27.7 Å². The van der Waals surface area contributed by atoms with E-state index in [1.807, 2.05) is 0 Å². The van der Waals surface area contributed by atoms with E-state index >= 15 is 0 Å². The van der Waals surface area contributed by atoms with Gasteiger partial charge in [-0.1, -0.05) is 44.7 Å². The molecule has 0 bridgehead atoms. The molecule has 0 aromatic heterocycles. The van der Waals surface area contributed by atoms with Gasteiger partial charge in [0.15, 0.2) is 0 Å². The molecule has 1 aliphatic rings. The second kappa shape index (κ2) is 11.4. The average molecular weight is 416 g/mol. The predicted molar refractivity (Wildman–Crippen MR) is 90.1 cm³/mol. The van der Waals surface area contributed by atoms with E-state index in [-0.39, 0.29) is 0 Å². The van der Waals surface area contributed by atoms with Crippen molar-refractivity contribution in [1.82, 2.24) is 0 Å². The summed E-state index contributed by atoms with van der Waals surface area (Å²) in [5.74, 6) is 0.836. The second-order valence-electron chi connectivity index (χ2n) is 5.58. The first-order chi connectivity index (χ1) is 9.79. The molecule has 0 atom stereocenters. The highest BCUT2D eigenvalue weighted by Gasteiger charge is 2.38. The van der Waals surface area contributed by atoms with Gasteiger partial charge in [-0.3, -0.25) is 0 Å². The summed E-state index contributed by atoms with van der Waals surface area (Å²) < 4.78 is 16.0. The fraction of sp³-hybridized carbons (Fsp3) is 1.00. The zero-order valence-electron chi connectivity index (χ0n) is 12.5. The summed E-state index contributed by atoms with van der Waals surface area (Å²) in [6.45, 7) is 3.45. The van der Waals surface area contributed by atoms with Gasteiger partial charge in [0.2, 0.25) is 0 Å². The van der Waals surface area contributed by atoms with Crippen LogP contribution in [0.25, 0.3) is 0 Å². The molecule has 120 valence electrons. The Kier molecular flexibility index (Phi) is 10.8. The largest absolute Gasteiger partial charge is 0.382 e. The number of hydrogen-bond donors (Lipinski definition) is 0. The van der Waals surface area contributed by atoms with Crippen LogP contribution in [-0.4, -0.2) is 50.8 Å². The summed E-state index contributed by atoms with van der Waals surface area (Å²) in [4.78, 5) is 0. The Bertz CT molecular complexity index is 229. The maximum Gasteiger partial charge on any atom is 0.0701 e. The highest BCUT2D eigenvalue weighted by molar-refractivity contribution is 9.09. The van der Waals surface area contributed by atoms with Crippen LogP contribution in [0.15, 0.2) is 0 Å². The van der Waals surface area contributed by atoms with Gasteiger partial charge in [-0.25, -0.2) is 0 Å². The van der Waals surface area contributed by atoms with Gasteiger partial charge in [-0.05, 0) is 30.6 Å². The van der Waals surface area contributed by atoms with Crippen molar-refractivity contribution in [2.45, 2.75) is 32.1 Å². The van der Waals surface area contributed by atoms with E-state index in [0.717, 1.165) is 29.6 Å². The molecule has 1 aliphatic carbocycles. The van der Waals surface area contributed by atoms with Crippen LogP contribution in [0.5, 0.6) is 0 Å². The number of rotatable bonds is 12. The molecular formula is C15H28Br2O3. The third-order valence-electron chi connectivity index (χ3n) is 4.30. The first-order valence-corrected chi connectivity index (χ1v) is 9.79. The van der Waals surface area contributed by atoms with Crippen molar-refractivity contribution in [3.8, 4) is 0 Å². The first kappa shape index (κ1) is 18.9. The van der Waals surface area contributed by atoms with E-state index in [0.29, 0.717) is 31.8 Å². The predicted octanol–water partition coefficient (Wildman–Crippen LogP) is 4.02. The summed E-state index contributed by atoms with van der Waals surface area (Å²) in [6.07, 6.45) is 6.64. The minimum atomic E-state index is 0.355. The van der Waals surface area contributed by atoms with Crippen LogP contribution in [0, 0.1) is 11.3 Å². The number of methoxy groups -OCH3 is 1. The SMILES string of the molecule is COCCOCCOCCC(CBr)(CBr)C1CCCC1. The van der Waals surface area contributed by atoms with E-state index in [9.17, 15) is 0 Å². The van der Waals surface area contributed by atoms with Gasteiger partial charge in [0.1, 0.15) is 0 Å². The molecule has 0 aromatic rings. The van der Waals surface area contributed by atoms with Gasteiger partial charge in [0, 0.05) is 24.4 Å². The van der Waals surface area contributed by atoms with Crippen LogP contribution in [0.3, 0.4) is 0 Å². The molecule has 0 saturated heterocycles. The van der Waals surface area contributed by atoms with Gasteiger partial charge in [0.25, 0.3) is 0 Å². The van der Waals surface area contributed by atoms with Crippen LogP contribution in [0.2, 0.25) is 0 Å². The molecule has 0 spiro atoms. The van der Waals surface area contributed by atoms with Gasteiger partial charge < -0.3 is 14.2 Å². The number of halogens is 2. The van der Waals surface area contributed by atoms with E-state index in [2.05, 4.69) is 31.9 Å². The Labute approximate surface area is 140 Å². The number of ether oxygens (including phenoxy) is 3. The molecule has 0 radical (unpaired) electrons. The monoisotopic (exact) mass is 414 g/mol. The zero-order valence-corrected chi connectivity index (χ0v) is 15.7. The normalized spacial score (nSPS) is 16.9. The summed E-state index contributed by atoms with van der Waals surface area (Å²) in [7, 11) is 1.68. The molecule has 0 unspecified atom stereocenters. The molecule has 0 amide bonds. The van der Waals surface area contributed by atoms with E-state index in [4.69, 9.17) is 14.2 Å². The van der Waals surface area contributed by atoms with E-state index in [1.165, 1.54) is 25.7 Å². The minimum Gasteiger partial charge on any atom is -0.382 e. The summed E-state index contributed by atoms with van der Waals surface area (Å²) >= 11 is 7.46. The molecule has 1 rings (SSSR count). The molecule has 0 aromatic carbocycles. The third kappa shape index (κ3) is 6.30. The van der Waals surface area contributed by atoms with Crippen molar-refractivity contribution < 1.29 is 14.2 Å². The Morgan fingerprint density at radius 1 is 0.900 bits per heavy atom. The smallest absolute Gasteiger partial charge is 0.0701 e. The fourth-order valence-electron chi connectivity index (χ4n) is 2.87. The van der Waals surface area contributed by atoms with Crippen molar-refractivity contribution >= 4 is 31.9 Å². The van der Waals surface area contributed by atoms with Crippen molar-refractivity contribution in [2.24, 2.45) is 11.3 Å². The fourth-order valence-corrected chi connectivity index (χ4v) is 5.27. The molecule has 0 N–H and O–H groups in total. The Morgan fingerprint density at radius 2 is 1.45 bits per heavy atom. The number of alkyl halides is 2. The summed E-state index contributed by atoms with van der Waals surface area (Å²) in [6, 6.07) is 0. The lowest BCUT2D eigenvalue weighted by Gasteiger charge is -2.36. The standard InChI is InChI=1S/C15H28Br2O3/c1-18-8-9-20-11-10-19-7-6-15(12-16,13-17)14-4-2-3-5-14/h14H,2-13H2,1H3. The van der Waals surface area contributed by atoms with Crippen LogP contribution in [-0.2, 0) is 14.2 Å². The molecule has 1 saturated carbocycles. The van der Waals surface area contributed by atoms with Gasteiger partial charge in [-0.15, -0.1) is 0 Å². The van der Waals surface area contributed by atoms with Crippen molar-refractivity contribution in [2.75, 3.05) is 50.8 Å². The van der Waals surface area contributed by atoms with Crippen molar-refractivity contribution in [3.05, 3.63) is 0 Å². The van der Waals surface area contributed by atoms with E-state index in [1.54, 1.807) is 7.11 Å². The molecule has 1 fully saturated rings. The maximum absolute atomic E-state index is 5.73. The average Bonchev–Trinajstić information content (AvgIpc) is 3.01. The summed E-state index contributed by atoms with van der Waals surface area (Å²) in [5.41, 5.74) is 0.355. The van der Waals surface area contributed by atoms with Crippen LogP contribution in [0.4, 0.5) is 0 Å².